The number of benzene rings is 3. The van der Waals surface area contributed by atoms with Crippen molar-refractivity contribution in [1.29, 1.82) is 0 Å². The molecular formula is C29H25N3O3. The molecule has 0 amide bonds. The summed E-state index contributed by atoms with van der Waals surface area (Å²) in [7, 11) is 0. The minimum absolute atomic E-state index is 0.133. The number of aromatic nitrogens is 3. The van der Waals surface area contributed by atoms with Crippen molar-refractivity contribution >= 4 is 0 Å². The molecule has 0 saturated heterocycles. The minimum atomic E-state index is -0.974. The Morgan fingerprint density at radius 3 is 2.34 bits per heavy atom. The number of imidazole rings is 1. The van der Waals surface area contributed by atoms with E-state index in [0.717, 1.165) is 28.1 Å². The highest BCUT2D eigenvalue weighted by atomic mass is 16.3. The van der Waals surface area contributed by atoms with E-state index in [2.05, 4.69) is 4.98 Å². The van der Waals surface area contributed by atoms with Crippen LogP contribution in [0, 0.1) is 6.92 Å². The lowest BCUT2D eigenvalue weighted by Gasteiger charge is -2.18. The van der Waals surface area contributed by atoms with Crippen molar-refractivity contribution < 1.29 is 10.2 Å². The number of pyridine rings is 1. The van der Waals surface area contributed by atoms with Crippen LogP contribution in [0.25, 0.3) is 22.5 Å². The maximum absolute atomic E-state index is 12.3. The van der Waals surface area contributed by atoms with Crippen LogP contribution in [0.15, 0.2) is 108 Å². The van der Waals surface area contributed by atoms with Gasteiger partial charge in [0.15, 0.2) is 5.75 Å². The first-order valence-corrected chi connectivity index (χ1v) is 11.4. The molecular weight excluding hydrogens is 438 g/mol. The molecule has 0 aliphatic carbocycles. The first-order valence-electron chi connectivity index (χ1n) is 11.4. The predicted molar refractivity (Wildman–Crippen MR) is 136 cm³/mol. The number of aryl methyl sites for hydroxylation is 1. The van der Waals surface area contributed by atoms with Crippen LogP contribution in [0.4, 0.5) is 0 Å². The molecule has 0 saturated carbocycles. The molecule has 35 heavy (non-hydrogen) atoms. The SMILES string of the molecule is Cc1cccc(-n2ccnc2C(O)Cc2cc(=O)c(O)cn2-c2cccc(-c3ccccc3)c2)c1. The zero-order valence-corrected chi connectivity index (χ0v) is 19.2. The zero-order chi connectivity index (χ0) is 24.4. The first kappa shape index (κ1) is 22.4. The Bertz CT molecular complexity index is 1540. The quantitative estimate of drug-likeness (QED) is 0.372. The van der Waals surface area contributed by atoms with E-state index in [0.29, 0.717) is 11.5 Å². The van der Waals surface area contributed by atoms with Gasteiger partial charge in [-0.05, 0) is 47.9 Å². The van der Waals surface area contributed by atoms with Crippen LogP contribution in [-0.2, 0) is 6.42 Å². The van der Waals surface area contributed by atoms with E-state index in [1.54, 1.807) is 17.0 Å². The molecule has 1 unspecified atom stereocenters. The van der Waals surface area contributed by atoms with Gasteiger partial charge in [0.05, 0.1) is 6.20 Å². The van der Waals surface area contributed by atoms with E-state index in [1.165, 1.54) is 12.3 Å². The Balaban J connectivity index is 1.53. The minimum Gasteiger partial charge on any atom is -0.503 e. The van der Waals surface area contributed by atoms with E-state index >= 15 is 0 Å². The largest absolute Gasteiger partial charge is 0.503 e. The van der Waals surface area contributed by atoms with Gasteiger partial charge in [-0.3, -0.25) is 4.79 Å². The Morgan fingerprint density at radius 2 is 1.57 bits per heavy atom. The molecule has 3 aromatic carbocycles. The van der Waals surface area contributed by atoms with Gasteiger partial charge < -0.3 is 19.3 Å². The monoisotopic (exact) mass is 463 g/mol. The van der Waals surface area contributed by atoms with Gasteiger partial charge in [-0.25, -0.2) is 4.98 Å². The highest BCUT2D eigenvalue weighted by Gasteiger charge is 2.19. The second-order valence-electron chi connectivity index (χ2n) is 8.51. The molecule has 0 aliphatic heterocycles. The molecule has 0 fully saturated rings. The Morgan fingerprint density at radius 1 is 0.857 bits per heavy atom. The third-order valence-electron chi connectivity index (χ3n) is 5.99. The van der Waals surface area contributed by atoms with Crippen LogP contribution in [0.5, 0.6) is 5.75 Å². The van der Waals surface area contributed by atoms with Crippen molar-refractivity contribution in [3.63, 3.8) is 0 Å². The van der Waals surface area contributed by atoms with Gasteiger partial charge in [0, 0.05) is 41.9 Å². The van der Waals surface area contributed by atoms with Crippen LogP contribution in [0.1, 0.15) is 23.2 Å². The summed E-state index contributed by atoms with van der Waals surface area (Å²) in [4.78, 5) is 16.7. The lowest BCUT2D eigenvalue weighted by atomic mass is 10.0. The molecule has 174 valence electrons. The van der Waals surface area contributed by atoms with Gasteiger partial charge in [0.25, 0.3) is 0 Å². The molecule has 6 heteroatoms. The maximum atomic E-state index is 12.3. The topological polar surface area (TPSA) is 80.3 Å². The van der Waals surface area contributed by atoms with Crippen LogP contribution < -0.4 is 5.43 Å². The third kappa shape index (κ3) is 4.65. The first-order chi connectivity index (χ1) is 17.0. The molecule has 0 aliphatic rings. The smallest absolute Gasteiger partial charge is 0.223 e. The van der Waals surface area contributed by atoms with Crippen molar-refractivity contribution in [3.05, 3.63) is 131 Å². The van der Waals surface area contributed by atoms with Crippen molar-refractivity contribution in [2.45, 2.75) is 19.4 Å². The Kier molecular flexibility index (Phi) is 6.04. The summed E-state index contributed by atoms with van der Waals surface area (Å²) in [6, 6.07) is 27.1. The van der Waals surface area contributed by atoms with Crippen LogP contribution in [0.3, 0.4) is 0 Å². The lowest BCUT2D eigenvalue weighted by molar-refractivity contribution is 0.164. The average molecular weight is 464 g/mol. The second-order valence-corrected chi connectivity index (χ2v) is 8.51. The summed E-state index contributed by atoms with van der Waals surface area (Å²) in [5.74, 6) is 0.121. The number of aliphatic hydroxyl groups is 1. The fourth-order valence-corrected chi connectivity index (χ4v) is 4.27. The van der Waals surface area contributed by atoms with Crippen LogP contribution in [-0.4, -0.2) is 24.3 Å². The molecule has 2 aromatic heterocycles. The van der Waals surface area contributed by atoms with Crippen LogP contribution in [0.2, 0.25) is 0 Å². The zero-order valence-electron chi connectivity index (χ0n) is 19.2. The van der Waals surface area contributed by atoms with Crippen molar-refractivity contribution in [2.75, 3.05) is 0 Å². The molecule has 6 nitrogen and oxygen atoms in total. The summed E-state index contributed by atoms with van der Waals surface area (Å²) in [5.41, 5.74) is 4.89. The standard InChI is InChI=1S/C29H25N3O3/c1-20-7-5-11-23(15-20)31-14-13-30-29(31)27(34)18-25-17-26(33)28(35)19-32(25)24-12-6-10-22(16-24)21-8-3-2-4-9-21/h2-17,19,27,34-35H,18H2,1H3. The van der Waals surface area contributed by atoms with Crippen molar-refractivity contribution in [3.8, 4) is 28.3 Å². The van der Waals surface area contributed by atoms with Gasteiger partial charge in [0.1, 0.15) is 11.9 Å². The molecule has 5 aromatic rings. The number of rotatable bonds is 6. The highest BCUT2D eigenvalue weighted by Crippen LogP contribution is 2.26. The van der Waals surface area contributed by atoms with E-state index in [4.69, 9.17) is 0 Å². The fraction of sp³-hybridized carbons (Fsp3) is 0.103. The Labute approximate surface area is 203 Å². The summed E-state index contributed by atoms with van der Waals surface area (Å²) < 4.78 is 3.59. The normalized spacial score (nSPS) is 11.9. The summed E-state index contributed by atoms with van der Waals surface area (Å²) in [5, 5.41) is 21.4. The molecule has 5 rings (SSSR count). The van der Waals surface area contributed by atoms with Gasteiger partial charge >= 0.3 is 0 Å². The van der Waals surface area contributed by atoms with Gasteiger partial charge in [0.2, 0.25) is 5.43 Å². The third-order valence-corrected chi connectivity index (χ3v) is 5.99. The molecule has 0 spiro atoms. The van der Waals surface area contributed by atoms with Gasteiger partial charge in [-0.15, -0.1) is 0 Å². The molecule has 0 radical (unpaired) electrons. The molecule has 0 bridgehead atoms. The van der Waals surface area contributed by atoms with Crippen molar-refractivity contribution in [2.24, 2.45) is 0 Å². The number of aromatic hydroxyl groups is 1. The molecule has 2 heterocycles. The number of aliphatic hydroxyl groups excluding tert-OH is 1. The van der Waals surface area contributed by atoms with Crippen molar-refractivity contribution in [1.82, 2.24) is 14.1 Å². The summed E-state index contributed by atoms with van der Waals surface area (Å²) in [6.07, 6.45) is 4.02. The average Bonchev–Trinajstić information content (AvgIpc) is 3.37. The predicted octanol–water partition coefficient (Wildman–Crippen LogP) is 4.98. The van der Waals surface area contributed by atoms with E-state index in [9.17, 15) is 15.0 Å². The van der Waals surface area contributed by atoms with Crippen LogP contribution >= 0.6 is 0 Å². The second kappa shape index (κ2) is 9.44. The van der Waals surface area contributed by atoms with E-state index < -0.39 is 11.5 Å². The number of hydrogen-bond acceptors (Lipinski definition) is 4. The highest BCUT2D eigenvalue weighted by molar-refractivity contribution is 5.66. The van der Waals surface area contributed by atoms with E-state index in [1.807, 2.05) is 90.4 Å². The Hall–Kier alpha value is -4.42. The summed E-state index contributed by atoms with van der Waals surface area (Å²) in [6.45, 7) is 2.01. The van der Waals surface area contributed by atoms with Gasteiger partial charge in [-0.1, -0.05) is 54.6 Å². The number of nitrogens with zero attached hydrogens (tertiary/aromatic N) is 3. The lowest BCUT2D eigenvalue weighted by Crippen LogP contribution is -2.16. The summed E-state index contributed by atoms with van der Waals surface area (Å²) >= 11 is 0. The van der Waals surface area contributed by atoms with Gasteiger partial charge in [-0.2, -0.15) is 0 Å². The molecule has 1 atom stereocenters. The molecule has 2 N–H and O–H groups in total. The van der Waals surface area contributed by atoms with E-state index in [-0.39, 0.29) is 12.2 Å². The fourth-order valence-electron chi connectivity index (χ4n) is 4.27. The maximum Gasteiger partial charge on any atom is 0.223 e. The number of hydrogen-bond donors (Lipinski definition) is 2.